The zero-order valence-electron chi connectivity index (χ0n) is 11.0. The third kappa shape index (κ3) is 3.34. The number of rotatable bonds is 3. The van der Waals surface area contributed by atoms with E-state index in [0.29, 0.717) is 26.1 Å². The van der Waals surface area contributed by atoms with Crippen LogP contribution >= 0.6 is 11.6 Å². The van der Waals surface area contributed by atoms with Crippen LogP contribution in [0.5, 0.6) is 0 Å². The first-order valence-corrected chi connectivity index (χ1v) is 8.09. The maximum absolute atomic E-state index is 13.7. The highest BCUT2D eigenvalue weighted by atomic mass is 35.5. The van der Waals surface area contributed by atoms with Crippen LogP contribution in [0, 0.1) is 5.82 Å². The van der Waals surface area contributed by atoms with E-state index in [1.54, 1.807) is 0 Å². The average Bonchev–Trinajstić information content (AvgIpc) is 2.70. The van der Waals surface area contributed by atoms with Crippen LogP contribution < -0.4 is 5.32 Å². The Morgan fingerprint density at radius 1 is 1.33 bits per heavy atom. The Labute approximate surface area is 126 Å². The molecule has 1 fully saturated rings. The largest absolute Gasteiger partial charge is 0.478 e. The number of hydrogen-bond donors (Lipinski definition) is 2. The Morgan fingerprint density at radius 2 is 2.05 bits per heavy atom. The first-order valence-electron chi connectivity index (χ1n) is 6.27. The fourth-order valence-corrected chi connectivity index (χ4v) is 3.79. The van der Waals surface area contributed by atoms with E-state index in [1.165, 1.54) is 4.31 Å². The van der Waals surface area contributed by atoms with Crippen molar-refractivity contribution in [3.63, 3.8) is 0 Å². The molecule has 1 aliphatic heterocycles. The highest BCUT2D eigenvalue weighted by Crippen LogP contribution is 2.26. The Balaban J connectivity index is 2.46. The number of nitrogens with one attached hydrogen (secondary N) is 1. The number of carboxylic acids is 1. The Kier molecular flexibility index (Phi) is 4.82. The van der Waals surface area contributed by atoms with Crippen LogP contribution in [0.2, 0.25) is 5.02 Å². The number of aromatic carboxylic acids is 1. The average molecular weight is 337 g/mol. The molecule has 0 spiro atoms. The molecule has 1 aromatic carbocycles. The summed E-state index contributed by atoms with van der Waals surface area (Å²) >= 11 is 5.55. The highest BCUT2D eigenvalue weighted by molar-refractivity contribution is 7.89. The lowest BCUT2D eigenvalue weighted by atomic mass is 10.2. The van der Waals surface area contributed by atoms with Crippen LogP contribution in [-0.4, -0.2) is 50.0 Å². The van der Waals surface area contributed by atoms with Crippen molar-refractivity contribution < 1.29 is 22.7 Å². The summed E-state index contributed by atoms with van der Waals surface area (Å²) in [5, 5.41) is 11.4. The molecule has 0 atom stereocenters. The van der Waals surface area contributed by atoms with Crippen LogP contribution in [0.4, 0.5) is 4.39 Å². The fraction of sp³-hybridized carbons (Fsp3) is 0.417. The van der Waals surface area contributed by atoms with Crippen LogP contribution in [-0.2, 0) is 10.0 Å². The van der Waals surface area contributed by atoms with E-state index in [9.17, 15) is 17.6 Å². The number of sulfonamides is 1. The van der Waals surface area contributed by atoms with Crippen LogP contribution in [0.15, 0.2) is 17.0 Å². The Morgan fingerprint density at radius 3 is 2.71 bits per heavy atom. The van der Waals surface area contributed by atoms with Crippen molar-refractivity contribution in [1.29, 1.82) is 0 Å². The number of carboxylic acid groups (broad SMARTS) is 1. The summed E-state index contributed by atoms with van der Waals surface area (Å²) in [6.07, 6.45) is 0.626. The molecule has 9 heteroatoms. The zero-order chi connectivity index (χ0) is 15.6. The molecule has 0 unspecified atom stereocenters. The smallest absolute Gasteiger partial charge is 0.337 e. The number of halogens is 2. The molecular weight excluding hydrogens is 323 g/mol. The van der Waals surface area contributed by atoms with Crippen LogP contribution in [0.1, 0.15) is 16.8 Å². The van der Waals surface area contributed by atoms with Gasteiger partial charge in [-0.15, -0.1) is 0 Å². The molecule has 1 aliphatic rings. The molecule has 0 bridgehead atoms. The second kappa shape index (κ2) is 6.27. The second-order valence-corrected chi connectivity index (χ2v) is 6.90. The van der Waals surface area contributed by atoms with E-state index < -0.39 is 37.3 Å². The number of carbonyl (C=O) groups is 1. The van der Waals surface area contributed by atoms with Crippen LogP contribution in [0.25, 0.3) is 0 Å². The molecule has 2 rings (SSSR count). The molecule has 6 nitrogen and oxygen atoms in total. The zero-order valence-corrected chi connectivity index (χ0v) is 12.5. The number of hydrogen-bond acceptors (Lipinski definition) is 4. The van der Waals surface area contributed by atoms with Gasteiger partial charge in [0.1, 0.15) is 5.82 Å². The van der Waals surface area contributed by atoms with Gasteiger partial charge in [0, 0.05) is 19.6 Å². The van der Waals surface area contributed by atoms with Gasteiger partial charge < -0.3 is 10.4 Å². The molecule has 0 amide bonds. The van der Waals surface area contributed by atoms with E-state index in [1.807, 2.05) is 0 Å². The van der Waals surface area contributed by atoms with Crippen molar-refractivity contribution in [2.45, 2.75) is 11.3 Å². The van der Waals surface area contributed by atoms with Gasteiger partial charge in [0.2, 0.25) is 10.0 Å². The molecule has 21 heavy (non-hydrogen) atoms. The summed E-state index contributed by atoms with van der Waals surface area (Å²) in [4.78, 5) is 10.6. The summed E-state index contributed by atoms with van der Waals surface area (Å²) in [5.41, 5.74) is -0.566. The molecule has 1 saturated heterocycles. The Bertz CT molecular complexity index is 657. The number of benzene rings is 1. The van der Waals surface area contributed by atoms with Gasteiger partial charge in [0.05, 0.1) is 15.5 Å². The van der Waals surface area contributed by atoms with Gasteiger partial charge in [0.25, 0.3) is 0 Å². The first-order chi connectivity index (χ1) is 9.84. The third-order valence-corrected chi connectivity index (χ3v) is 5.43. The van der Waals surface area contributed by atoms with E-state index in [-0.39, 0.29) is 6.54 Å². The standard InChI is InChI=1S/C12H14ClFN2O4S/c13-11-9(12(17)18)6-8(7-10(11)14)21(19,20)16-4-1-2-15-3-5-16/h6-7,15H,1-5H2,(H,17,18). The lowest BCUT2D eigenvalue weighted by Crippen LogP contribution is -2.34. The van der Waals surface area contributed by atoms with Crippen molar-refractivity contribution in [2.75, 3.05) is 26.2 Å². The first kappa shape index (κ1) is 16.2. The number of nitrogens with zero attached hydrogens (tertiary/aromatic N) is 1. The van der Waals surface area contributed by atoms with Crippen LogP contribution in [0.3, 0.4) is 0 Å². The Hall–Kier alpha value is -1.22. The topological polar surface area (TPSA) is 86.7 Å². The predicted molar refractivity (Wildman–Crippen MR) is 74.6 cm³/mol. The molecule has 0 radical (unpaired) electrons. The monoisotopic (exact) mass is 336 g/mol. The lowest BCUT2D eigenvalue weighted by Gasteiger charge is -2.20. The second-order valence-electron chi connectivity index (χ2n) is 4.58. The van der Waals surface area contributed by atoms with E-state index in [0.717, 1.165) is 12.1 Å². The minimum Gasteiger partial charge on any atom is -0.478 e. The van der Waals surface area contributed by atoms with E-state index >= 15 is 0 Å². The summed E-state index contributed by atoms with van der Waals surface area (Å²) < 4.78 is 39.8. The van der Waals surface area contributed by atoms with E-state index in [4.69, 9.17) is 16.7 Å². The van der Waals surface area contributed by atoms with Gasteiger partial charge in [-0.25, -0.2) is 17.6 Å². The quantitative estimate of drug-likeness (QED) is 0.865. The van der Waals surface area contributed by atoms with Crippen molar-refractivity contribution >= 4 is 27.6 Å². The molecule has 0 saturated carbocycles. The molecule has 116 valence electrons. The van der Waals surface area contributed by atoms with Gasteiger partial charge in [-0.3, -0.25) is 0 Å². The molecule has 0 aromatic heterocycles. The fourth-order valence-electron chi connectivity index (χ4n) is 2.08. The van der Waals surface area contributed by atoms with Crippen molar-refractivity contribution in [3.05, 3.63) is 28.5 Å². The maximum Gasteiger partial charge on any atom is 0.337 e. The summed E-state index contributed by atoms with van der Waals surface area (Å²) in [6.45, 7) is 1.72. The molecular formula is C12H14ClFN2O4S. The molecule has 2 N–H and O–H groups in total. The van der Waals surface area contributed by atoms with Gasteiger partial charge in [-0.2, -0.15) is 4.31 Å². The minimum absolute atomic E-state index is 0.245. The summed E-state index contributed by atoms with van der Waals surface area (Å²) in [6, 6.07) is 1.64. The SMILES string of the molecule is O=C(O)c1cc(S(=O)(=O)N2CCCNCC2)cc(F)c1Cl. The normalized spacial score (nSPS) is 17.4. The highest BCUT2D eigenvalue weighted by Gasteiger charge is 2.28. The van der Waals surface area contributed by atoms with Crippen molar-refractivity contribution in [1.82, 2.24) is 9.62 Å². The molecule has 0 aliphatic carbocycles. The molecule has 1 heterocycles. The third-order valence-electron chi connectivity index (χ3n) is 3.17. The van der Waals surface area contributed by atoms with Crippen molar-refractivity contribution in [2.24, 2.45) is 0 Å². The van der Waals surface area contributed by atoms with Gasteiger partial charge in [-0.05, 0) is 25.1 Å². The van der Waals surface area contributed by atoms with Gasteiger partial charge in [-0.1, -0.05) is 11.6 Å². The summed E-state index contributed by atoms with van der Waals surface area (Å²) in [5.74, 6) is -2.54. The predicted octanol–water partition coefficient (Wildman–Crippen LogP) is 1.16. The maximum atomic E-state index is 13.7. The van der Waals surface area contributed by atoms with Gasteiger partial charge >= 0.3 is 5.97 Å². The van der Waals surface area contributed by atoms with Crippen molar-refractivity contribution in [3.8, 4) is 0 Å². The molecule has 1 aromatic rings. The summed E-state index contributed by atoms with van der Waals surface area (Å²) in [7, 11) is -3.95. The lowest BCUT2D eigenvalue weighted by molar-refractivity contribution is 0.0696. The van der Waals surface area contributed by atoms with Gasteiger partial charge in [0.15, 0.2) is 0 Å². The minimum atomic E-state index is -3.95. The van der Waals surface area contributed by atoms with E-state index in [2.05, 4.69) is 5.32 Å².